The van der Waals surface area contributed by atoms with Gasteiger partial charge in [0.25, 0.3) is 0 Å². The number of ether oxygens (including phenoxy) is 1. The molecule has 2 saturated heterocycles. The van der Waals surface area contributed by atoms with E-state index in [1.54, 1.807) is 0 Å². The van der Waals surface area contributed by atoms with E-state index in [1.807, 2.05) is 30.0 Å². The number of morpholine rings is 1. The molecule has 142 valence electrons. The average molecular weight is 359 g/mol. The van der Waals surface area contributed by atoms with Crippen molar-refractivity contribution in [3.63, 3.8) is 0 Å². The van der Waals surface area contributed by atoms with Gasteiger partial charge in [0.15, 0.2) is 0 Å². The van der Waals surface area contributed by atoms with Gasteiger partial charge in [-0.05, 0) is 31.7 Å². The van der Waals surface area contributed by atoms with E-state index in [-0.39, 0.29) is 30.0 Å². The molecule has 0 aliphatic carbocycles. The molecule has 26 heavy (non-hydrogen) atoms. The molecule has 0 unspecified atom stereocenters. The molecule has 0 saturated carbocycles. The Labute approximate surface area is 155 Å². The summed E-state index contributed by atoms with van der Waals surface area (Å²) in [5, 5.41) is 6.33. The first kappa shape index (κ1) is 18.9. The first-order chi connectivity index (χ1) is 12.6. The van der Waals surface area contributed by atoms with Crippen molar-refractivity contribution in [3.05, 3.63) is 35.9 Å². The van der Waals surface area contributed by atoms with Crippen molar-refractivity contribution >= 4 is 11.8 Å². The van der Waals surface area contributed by atoms with E-state index in [0.29, 0.717) is 32.7 Å². The third-order valence-electron chi connectivity index (χ3n) is 5.26. The highest BCUT2D eigenvalue weighted by Crippen LogP contribution is 2.14. The number of hydrogen-bond donors (Lipinski definition) is 2. The van der Waals surface area contributed by atoms with E-state index in [4.69, 9.17) is 4.74 Å². The molecular formula is C20H29N3O3. The molecule has 1 aromatic rings. The molecule has 2 fully saturated rings. The number of likely N-dealkylation sites (tertiary alicyclic amines) is 1. The summed E-state index contributed by atoms with van der Waals surface area (Å²) in [5.74, 6) is 0.209. The molecule has 3 rings (SSSR count). The van der Waals surface area contributed by atoms with Gasteiger partial charge in [-0.2, -0.15) is 0 Å². The molecule has 2 atom stereocenters. The summed E-state index contributed by atoms with van der Waals surface area (Å²) < 4.78 is 5.54. The number of carbonyl (C=O) groups is 2. The zero-order chi connectivity index (χ0) is 18.4. The number of aryl methyl sites for hydroxylation is 1. The Kier molecular flexibility index (Phi) is 6.63. The van der Waals surface area contributed by atoms with Crippen LogP contribution in [0, 0.1) is 0 Å². The predicted octanol–water partition coefficient (Wildman–Crippen LogP) is 1.10. The Hall–Kier alpha value is -1.92. The lowest BCUT2D eigenvalue weighted by Crippen LogP contribution is -2.58. The molecule has 2 N–H and O–H groups in total. The summed E-state index contributed by atoms with van der Waals surface area (Å²) in [6, 6.07) is 9.95. The van der Waals surface area contributed by atoms with Crippen molar-refractivity contribution in [2.45, 2.75) is 50.8 Å². The molecule has 0 spiro atoms. The standard InChI is InChI=1S/C20H29N3O3/c1-15-19(21-11-14-26-15)20(25)22-17-9-12-23(13-10-17)18(24)8-7-16-5-3-2-4-6-16/h2-6,15,17,19,21H,7-14H2,1H3,(H,22,25)/t15-,19+/m1/s1. The molecule has 6 heteroatoms. The summed E-state index contributed by atoms with van der Waals surface area (Å²) in [7, 11) is 0. The van der Waals surface area contributed by atoms with Crippen molar-refractivity contribution < 1.29 is 14.3 Å². The molecule has 0 bridgehead atoms. The summed E-state index contributed by atoms with van der Waals surface area (Å²) in [6.07, 6.45) is 2.84. The normalized spacial score (nSPS) is 24.3. The second-order valence-electron chi connectivity index (χ2n) is 7.16. The number of nitrogens with one attached hydrogen (secondary N) is 2. The topological polar surface area (TPSA) is 70.7 Å². The minimum atomic E-state index is -0.283. The molecule has 2 aliphatic heterocycles. The van der Waals surface area contributed by atoms with Crippen molar-refractivity contribution in [2.75, 3.05) is 26.2 Å². The summed E-state index contributed by atoms with van der Waals surface area (Å²) in [6.45, 7) is 4.70. The minimum absolute atomic E-state index is 0.00561. The van der Waals surface area contributed by atoms with Crippen molar-refractivity contribution in [2.24, 2.45) is 0 Å². The fourth-order valence-electron chi connectivity index (χ4n) is 3.65. The fourth-order valence-corrected chi connectivity index (χ4v) is 3.65. The van der Waals surface area contributed by atoms with Crippen LogP contribution < -0.4 is 10.6 Å². The van der Waals surface area contributed by atoms with Gasteiger partial charge >= 0.3 is 0 Å². The van der Waals surface area contributed by atoms with Gasteiger partial charge in [0.05, 0.1) is 12.7 Å². The van der Waals surface area contributed by atoms with Crippen molar-refractivity contribution in [3.8, 4) is 0 Å². The number of rotatable bonds is 5. The van der Waals surface area contributed by atoms with E-state index in [2.05, 4.69) is 22.8 Å². The first-order valence-corrected chi connectivity index (χ1v) is 9.60. The summed E-state index contributed by atoms with van der Waals surface area (Å²) in [4.78, 5) is 26.7. The molecule has 6 nitrogen and oxygen atoms in total. The van der Waals surface area contributed by atoms with E-state index < -0.39 is 0 Å². The van der Waals surface area contributed by atoms with Crippen LogP contribution in [-0.4, -0.2) is 61.1 Å². The van der Waals surface area contributed by atoms with Gasteiger partial charge in [0, 0.05) is 32.1 Å². The molecule has 2 aliphatic rings. The van der Waals surface area contributed by atoms with Gasteiger partial charge in [-0.25, -0.2) is 0 Å². The molecule has 0 aromatic heterocycles. The zero-order valence-electron chi connectivity index (χ0n) is 15.4. The van der Waals surface area contributed by atoms with Gasteiger partial charge in [0.1, 0.15) is 6.04 Å². The number of piperidine rings is 1. The third-order valence-corrected chi connectivity index (χ3v) is 5.26. The maximum Gasteiger partial charge on any atom is 0.240 e. The lowest BCUT2D eigenvalue weighted by molar-refractivity contribution is -0.132. The lowest BCUT2D eigenvalue weighted by Gasteiger charge is -2.35. The smallest absolute Gasteiger partial charge is 0.240 e. The Morgan fingerprint density at radius 1 is 1.23 bits per heavy atom. The second kappa shape index (κ2) is 9.14. The van der Waals surface area contributed by atoms with Crippen LogP contribution in [-0.2, 0) is 20.7 Å². The van der Waals surface area contributed by atoms with Crippen LogP contribution in [0.4, 0.5) is 0 Å². The molecule has 2 heterocycles. The van der Waals surface area contributed by atoms with Crippen LogP contribution in [0.5, 0.6) is 0 Å². The minimum Gasteiger partial charge on any atom is -0.375 e. The number of benzene rings is 1. The van der Waals surface area contributed by atoms with Crippen LogP contribution in [0.3, 0.4) is 0 Å². The van der Waals surface area contributed by atoms with Crippen LogP contribution >= 0.6 is 0 Å². The van der Waals surface area contributed by atoms with E-state index >= 15 is 0 Å². The van der Waals surface area contributed by atoms with Gasteiger partial charge < -0.3 is 20.3 Å². The van der Waals surface area contributed by atoms with Crippen molar-refractivity contribution in [1.29, 1.82) is 0 Å². The van der Waals surface area contributed by atoms with Crippen LogP contribution in [0.2, 0.25) is 0 Å². The average Bonchev–Trinajstić information content (AvgIpc) is 2.68. The maximum absolute atomic E-state index is 12.4. The Bertz CT molecular complexity index is 600. The van der Waals surface area contributed by atoms with Gasteiger partial charge in [0.2, 0.25) is 11.8 Å². The number of carbonyl (C=O) groups excluding carboxylic acids is 2. The predicted molar refractivity (Wildman–Crippen MR) is 99.7 cm³/mol. The Balaban J connectivity index is 1.39. The second-order valence-corrected chi connectivity index (χ2v) is 7.16. The number of hydrogen-bond acceptors (Lipinski definition) is 4. The molecular weight excluding hydrogens is 330 g/mol. The van der Waals surface area contributed by atoms with Crippen LogP contribution in [0.25, 0.3) is 0 Å². The quantitative estimate of drug-likeness (QED) is 0.826. The summed E-state index contributed by atoms with van der Waals surface area (Å²) in [5.41, 5.74) is 1.19. The highest BCUT2D eigenvalue weighted by Gasteiger charge is 2.31. The monoisotopic (exact) mass is 359 g/mol. The highest BCUT2D eigenvalue weighted by atomic mass is 16.5. The van der Waals surface area contributed by atoms with Gasteiger partial charge in [-0.15, -0.1) is 0 Å². The van der Waals surface area contributed by atoms with Crippen LogP contribution in [0.15, 0.2) is 30.3 Å². The first-order valence-electron chi connectivity index (χ1n) is 9.60. The van der Waals surface area contributed by atoms with E-state index in [1.165, 1.54) is 5.56 Å². The Morgan fingerprint density at radius 3 is 2.65 bits per heavy atom. The molecule has 1 aromatic carbocycles. The van der Waals surface area contributed by atoms with Crippen molar-refractivity contribution in [1.82, 2.24) is 15.5 Å². The number of amides is 2. The molecule has 2 amide bonds. The highest BCUT2D eigenvalue weighted by molar-refractivity contribution is 5.83. The van der Waals surface area contributed by atoms with Crippen LogP contribution in [0.1, 0.15) is 31.7 Å². The lowest BCUT2D eigenvalue weighted by atomic mass is 10.0. The fraction of sp³-hybridized carbons (Fsp3) is 0.600. The summed E-state index contributed by atoms with van der Waals surface area (Å²) >= 11 is 0. The SMILES string of the molecule is C[C@H]1OCCN[C@@H]1C(=O)NC1CCN(C(=O)CCc2ccccc2)CC1. The zero-order valence-corrected chi connectivity index (χ0v) is 15.4. The van der Waals surface area contributed by atoms with Gasteiger partial charge in [-0.1, -0.05) is 30.3 Å². The molecule has 0 radical (unpaired) electrons. The van der Waals surface area contributed by atoms with E-state index in [0.717, 1.165) is 19.3 Å². The largest absolute Gasteiger partial charge is 0.375 e. The Morgan fingerprint density at radius 2 is 1.96 bits per heavy atom. The van der Waals surface area contributed by atoms with E-state index in [9.17, 15) is 9.59 Å². The third kappa shape index (κ3) is 5.05. The number of nitrogens with zero attached hydrogens (tertiary/aromatic N) is 1. The maximum atomic E-state index is 12.4. The van der Waals surface area contributed by atoms with Gasteiger partial charge in [-0.3, -0.25) is 9.59 Å².